The molecule has 25 heavy (non-hydrogen) atoms. The number of nitrogens with one attached hydrogen (secondary N) is 1. The highest BCUT2D eigenvalue weighted by molar-refractivity contribution is 5.78. The number of unbranched alkanes of at least 4 members (excludes halogenated alkanes) is 11. The van der Waals surface area contributed by atoms with Gasteiger partial charge in [-0.1, -0.05) is 70.4 Å². The molecule has 0 spiro atoms. The van der Waals surface area contributed by atoms with Gasteiger partial charge in [0.25, 0.3) is 0 Å². The third-order valence-electron chi connectivity index (χ3n) is 5.14. The zero-order valence-corrected chi connectivity index (χ0v) is 16.8. The highest BCUT2D eigenvalue weighted by atomic mass is 16.3. The summed E-state index contributed by atoms with van der Waals surface area (Å²) in [5.74, 6) is 1.35. The van der Waals surface area contributed by atoms with E-state index in [9.17, 15) is 0 Å². The van der Waals surface area contributed by atoms with Gasteiger partial charge in [-0.25, -0.2) is 0 Å². The van der Waals surface area contributed by atoms with Gasteiger partial charge in [0.05, 0.1) is 6.61 Å². The van der Waals surface area contributed by atoms with Gasteiger partial charge in [0, 0.05) is 6.42 Å². The van der Waals surface area contributed by atoms with Crippen molar-refractivity contribution in [1.82, 2.24) is 5.32 Å². The van der Waals surface area contributed by atoms with E-state index in [0.717, 1.165) is 26.1 Å². The van der Waals surface area contributed by atoms with Gasteiger partial charge in [-0.2, -0.15) is 0 Å². The molecule has 0 bridgehead atoms. The topological polar surface area (TPSA) is 35.3 Å². The number of amidine groups is 1. The number of rotatable bonds is 17. The van der Waals surface area contributed by atoms with Crippen LogP contribution in [0.5, 0.6) is 0 Å². The zero-order valence-electron chi connectivity index (χ0n) is 16.8. The van der Waals surface area contributed by atoms with E-state index in [1.165, 1.54) is 89.3 Å². The van der Waals surface area contributed by atoms with E-state index in [1.54, 1.807) is 0 Å². The van der Waals surface area contributed by atoms with Gasteiger partial charge < -0.3 is 5.11 Å². The molecule has 0 aromatic heterocycles. The molecule has 0 fully saturated rings. The fraction of sp³-hybridized carbons (Fsp3) is 0.864. The summed E-state index contributed by atoms with van der Waals surface area (Å²) in [4.78, 5) is 0. The van der Waals surface area contributed by atoms with Gasteiger partial charge in [0.15, 0.2) is 0 Å². The Labute approximate surface area is 156 Å². The molecule has 2 N–H and O–H groups in total. The minimum absolute atomic E-state index is 0.261. The van der Waals surface area contributed by atoms with Gasteiger partial charge in [-0.05, 0) is 32.1 Å². The van der Waals surface area contributed by atoms with Crippen LogP contribution in [0.3, 0.4) is 0 Å². The van der Waals surface area contributed by atoms with Crippen molar-refractivity contribution in [3.8, 4) is 0 Å². The summed E-state index contributed by atoms with van der Waals surface area (Å²) in [6.45, 7) is 5.42. The van der Waals surface area contributed by atoms with Crippen LogP contribution in [-0.4, -0.2) is 41.8 Å². The van der Waals surface area contributed by atoms with Crippen LogP contribution in [-0.2, 0) is 0 Å². The molecule has 1 heterocycles. The number of hydrogen-bond acceptors (Lipinski definition) is 2. The third kappa shape index (κ3) is 12.2. The van der Waals surface area contributed by atoms with Crippen LogP contribution in [0, 0.1) is 0 Å². The minimum atomic E-state index is 0.261. The van der Waals surface area contributed by atoms with Crippen LogP contribution in [0.1, 0.15) is 96.8 Å². The summed E-state index contributed by atoms with van der Waals surface area (Å²) in [5.41, 5.74) is 0. The number of aliphatic hydroxyl groups excluding tert-OH is 1. The lowest BCUT2D eigenvalue weighted by Crippen LogP contribution is -2.24. The summed E-state index contributed by atoms with van der Waals surface area (Å²) in [6.07, 6.45) is 23.6. The van der Waals surface area contributed by atoms with Crippen molar-refractivity contribution < 1.29 is 9.68 Å². The largest absolute Gasteiger partial charge is 0.392 e. The average molecular weight is 352 g/mol. The number of nitrogens with zero attached hydrogens (tertiary/aromatic N) is 1. The van der Waals surface area contributed by atoms with E-state index >= 15 is 0 Å². The predicted molar refractivity (Wildman–Crippen MR) is 110 cm³/mol. The summed E-state index contributed by atoms with van der Waals surface area (Å²) in [7, 11) is 0. The molecule has 0 aliphatic carbocycles. The molecule has 1 aliphatic heterocycles. The molecule has 0 aromatic rings. The van der Waals surface area contributed by atoms with E-state index in [2.05, 4.69) is 29.0 Å². The Balaban J connectivity index is 1.84. The highest BCUT2D eigenvalue weighted by Gasteiger charge is 2.19. The predicted octanol–water partition coefficient (Wildman–Crippen LogP) is 5.03. The monoisotopic (exact) mass is 351 g/mol. The van der Waals surface area contributed by atoms with Gasteiger partial charge in [0.1, 0.15) is 19.6 Å². The van der Waals surface area contributed by atoms with Crippen molar-refractivity contribution in [2.75, 3.05) is 26.2 Å². The Hall–Kier alpha value is -0.830. The molecule has 0 saturated heterocycles. The number of aliphatic hydroxyl groups is 1. The summed E-state index contributed by atoms with van der Waals surface area (Å²) >= 11 is 0. The molecular weight excluding hydrogens is 308 g/mol. The van der Waals surface area contributed by atoms with Crippen molar-refractivity contribution in [2.45, 2.75) is 96.8 Å². The Morgan fingerprint density at radius 1 is 0.880 bits per heavy atom. The van der Waals surface area contributed by atoms with Crippen LogP contribution in [0.25, 0.3) is 0 Å². The molecular formula is C22H43N2O+. The van der Waals surface area contributed by atoms with Crippen molar-refractivity contribution in [3.63, 3.8) is 0 Å². The first-order valence-corrected chi connectivity index (χ1v) is 11.0. The van der Waals surface area contributed by atoms with Gasteiger partial charge in [-0.15, -0.1) is 0 Å². The van der Waals surface area contributed by atoms with Crippen LogP contribution in [0.15, 0.2) is 12.2 Å². The molecule has 0 aromatic carbocycles. The Kier molecular flexibility index (Phi) is 14.8. The van der Waals surface area contributed by atoms with E-state index < -0.39 is 0 Å². The highest BCUT2D eigenvalue weighted by Crippen LogP contribution is 2.10. The standard InChI is InChI=1S/C22H42N2O/c1-2-3-4-5-6-7-8-9-10-11-12-13-14-15-16-17-22-23-18-19-24(22)20-21-25/h9-10,25H,2-8,11-21H2,1H3/p+1/b10-9-. The summed E-state index contributed by atoms with van der Waals surface area (Å²) in [6, 6.07) is 0. The first-order valence-electron chi connectivity index (χ1n) is 11.0. The lowest BCUT2D eigenvalue weighted by molar-refractivity contribution is -0.521. The molecule has 0 amide bonds. The number of β-amino-alcohol motifs (C(OH)–C–C–N with tert-alkyl or cyclic N) is 1. The summed E-state index contributed by atoms with van der Waals surface area (Å²) in [5, 5.41) is 12.5. The van der Waals surface area contributed by atoms with Gasteiger partial charge >= 0.3 is 0 Å². The molecule has 0 atom stereocenters. The van der Waals surface area contributed by atoms with Crippen molar-refractivity contribution >= 4 is 5.84 Å². The number of allylic oxidation sites excluding steroid dienone is 2. The normalized spacial score (nSPS) is 14.6. The van der Waals surface area contributed by atoms with E-state index in [4.69, 9.17) is 5.11 Å². The second-order valence-electron chi connectivity index (χ2n) is 7.42. The fourth-order valence-corrected chi connectivity index (χ4v) is 3.56. The molecule has 1 aliphatic rings. The second-order valence-corrected chi connectivity index (χ2v) is 7.42. The summed E-state index contributed by atoms with van der Waals surface area (Å²) < 4.78 is 2.30. The van der Waals surface area contributed by atoms with Crippen molar-refractivity contribution in [1.29, 1.82) is 0 Å². The van der Waals surface area contributed by atoms with Crippen LogP contribution in [0.2, 0.25) is 0 Å². The van der Waals surface area contributed by atoms with Gasteiger partial charge in [0.2, 0.25) is 5.84 Å². The zero-order chi connectivity index (χ0) is 18.0. The second kappa shape index (κ2) is 16.6. The Morgan fingerprint density at radius 3 is 2.12 bits per heavy atom. The van der Waals surface area contributed by atoms with E-state index in [-0.39, 0.29) is 6.61 Å². The lowest BCUT2D eigenvalue weighted by Gasteiger charge is -2.03. The van der Waals surface area contributed by atoms with Gasteiger partial charge in [-0.3, -0.25) is 9.89 Å². The molecule has 0 saturated carbocycles. The maximum atomic E-state index is 9.06. The van der Waals surface area contributed by atoms with E-state index in [0.29, 0.717) is 0 Å². The third-order valence-corrected chi connectivity index (χ3v) is 5.14. The molecule has 0 radical (unpaired) electrons. The quantitative estimate of drug-likeness (QED) is 0.219. The smallest absolute Gasteiger partial charge is 0.245 e. The minimum Gasteiger partial charge on any atom is -0.392 e. The molecule has 0 unspecified atom stereocenters. The van der Waals surface area contributed by atoms with Crippen LogP contribution >= 0.6 is 0 Å². The lowest BCUT2D eigenvalue weighted by atomic mass is 10.1. The molecule has 3 nitrogen and oxygen atoms in total. The fourth-order valence-electron chi connectivity index (χ4n) is 3.56. The molecule has 146 valence electrons. The van der Waals surface area contributed by atoms with E-state index in [1.807, 2.05) is 0 Å². The Bertz CT molecular complexity index is 363. The number of hydrogen-bond donors (Lipinski definition) is 2. The molecule has 3 heteroatoms. The Morgan fingerprint density at radius 2 is 1.48 bits per heavy atom. The van der Waals surface area contributed by atoms with Crippen LogP contribution < -0.4 is 5.32 Å². The average Bonchev–Trinajstić information content (AvgIpc) is 3.06. The first kappa shape index (κ1) is 22.2. The van der Waals surface area contributed by atoms with Crippen molar-refractivity contribution in [2.24, 2.45) is 0 Å². The molecule has 1 rings (SSSR count). The SMILES string of the molecule is CCCCCCCC/C=C\CCCCCCCC1=[N+](CCO)CCN1. The van der Waals surface area contributed by atoms with Crippen molar-refractivity contribution in [3.05, 3.63) is 12.2 Å². The maximum absolute atomic E-state index is 9.06. The first-order chi connectivity index (χ1) is 12.4. The van der Waals surface area contributed by atoms with Crippen LogP contribution in [0.4, 0.5) is 0 Å². The maximum Gasteiger partial charge on any atom is 0.245 e.